The Labute approximate surface area is 131 Å². The molecule has 1 aromatic rings. The van der Waals surface area contributed by atoms with Crippen molar-refractivity contribution in [1.82, 2.24) is 5.32 Å². The molecule has 1 fully saturated rings. The highest BCUT2D eigenvalue weighted by atomic mass is 16.5. The van der Waals surface area contributed by atoms with Gasteiger partial charge in [0.2, 0.25) is 5.91 Å². The summed E-state index contributed by atoms with van der Waals surface area (Å²) in [5, 5.41) is 5.93. The standard InChI is InChI=1S/C19H23NO2/c1-22-16-8-7-12-3-2-4-14-11-15(18(16)17(12)14)9-10-20-19(21)13-5-6-13/h3,7-8,13,15H,2,4-6,9-11H2,1H3,(H,20,21). The summed E-state index contributed by atoms with van der Waals surface area (Å²) in [5.74, 6) is 2.06. The second-order valence-electron chi connectivity index (χ2n) is 6.75. The van der Waals surface area contributed by atoms with Gasteiger partial charge in [0, 0.05) is 18.0 Å². The van der Waals surface area contributed by atoms with Gasteiger partial charge in [0.05, 0.1) is 7.11 Å². The summed E-state index contributed by atoms with van der Waals surface area (Å²) in [6.07, 6.45) is 8.97. The molecule has 1 aromatic carbocycles. The highest BCUT2D eigenvalue weighted by Gasteiger charge is 2.30. The van der Waals surface area contributed by atoms with Crippen LogP contribution in [-0.4, -0.2) is 19.6 Å². The number of ether oxygens (including phenoxy) is 1. The van der Waals surface area contributed by atoms with Crippen molar-refractivity contribution in [2.24, 2.45) is 5.92 Å². The van der Waals surface area contributed by atoms with Gasteiger partial charge in [-0.2, -0.15) is 0 Å². The molecule has 0 saturated heterocycles. The van der Waals surface area contributed by atoms with Gasteiger partial charge in [-0.1, -0.05) is 17.7 Å². The van der Waals surface area contributed by atoms with Gasteiger partial charge in [0.1, 0.15) is 5.75 Å². The van der Waals surface area contributed by atoms with Gasteiger partial charge in [0.25, 0.3) is 0 Å². The molecule has 3 heteroatoms. The average molecular weight is 297 g/mol. The van der Waals surface area contributed by atoms with E-state index < -0.39 is 0 Å². The van der Waals surface area contributed by atoms with Crippen molar-refractivity contribution in [2.45, 2.75) is 44.4 Å². The number of amides is 1. The lowest BCUT2D eigenvalue weighted by Gasteiger charge is -2.16. The molecule has 3 nitrogen and oxygen atoms in total. The molecule has 1 N–H and O–H groups in total. The maximum atomic E-state index is 11.8. The maximum Gasteiger partial charge on any atom is 0.223 e. The van der Waals surface area contributed by atoms with Crippen LogP contribution < -0.4 is 20.5 Å². The number of hydrogen-bond donors (Lipinski definition) is 1. The lowest BCUT2D eigenvalue weighted by atomic mass is 9.95. The quantitative estimate of drug-likeness (QED) is 0.900. The molecule has 22 heavy (non-hydrogen) atoms. The Morgan fingerprint density at radius 2 is 2.23 bits per heavy atom. The topological polar surface area (TPSA) is 38.3 Å². The zero-order valence-corrected chi connectivity index (χ0v) is 13.2. The van der Waals surface area contributed by atoms with E-state index in [2.05, 4.69) is 23.5 Å². The predicted molar refractivity (Wildman–Crippen MR) is 87.1 cm³/mol. The summed E-state index contributed by atoms with van der Waals surface area (Å²) < 4.78 is 5.62. The third-order valence-corrected chi connectivity index (χ3v) is 5.26. The van der Waals surface area contributed by atoms with Crippen LogP contribution in [0.3, 0.4) is 0 Å². The number of benzene rings is 1. The highest BCUT2D eigenvalue weighted by molar-refractivity contribution is 5.80. The van der Waals surface area contributed by atoms with E-state index in [1.807, 2.05) is 0 Å². The fourth-order valence-electron chi connectivity index (χ4n) is 4.00. The molecule has 4 rings (SSSR count). The van der Waals surface area contributed by atoms with Crippen molar-refractivity contribution in [2.75, 3.05) is 13.7 Å². The molecule has 1 atom stereocenters. The molecule has 1 unspecified atom stereocenters. The highest BCUT2D eigenvalue weighted by Crippen LogP contribution is 2.37. The van der Waals surface area contributed by atoms with E-state index in [9.17, 15) is 4.79 Å². The molecule has 0 heterocycles. The smallest absolute Gasteiger partial charge is 0.223 e. The van der Waals surface area contributed by atoms with E-state index in [0.29, 0.717) is 11.8 Å². The number of rotatable bonds is 5. The van der Waals surface area contributed by atoms with E-state index in [0.717, 1.165) is 44.4 Å². The lowest BCUT2D eigenvalue weighted by molar-refractivity contribution is -0.122. The van der Waals surface area contributed by atoms with E-state index >= 15 is 0 Å². The maximum absolute atomic E-state index is 11.8. The third kappa shape index (κ3) is 2.33. The molecular formula is C19H23NO2. The first-order chi connectivity index (χ1) is 10.8. The Bertz CT molecular complexity index is 731. The first-order valence-corrected chi connectivity index (χ1v) is 8.45. The number of carbonyl (C=O) groups is 1. The lowest BCUT2D eigenvalue weighted by Crippen LogP contribution is -2.31. The van der Waals surface area contributed by atoms with Crippen LogP contribution in [0.15, 0.2) is 12.1 Å². The fraction of sp³-hybridized carbons (Fsp3) is 0.526. The van der Waals surface area contributed by atoms with Crippen molar-refractivity contribution in [3.05, 3.63) is 28.1 Å². The number of carbonyl (C=O) groups excluding carboxylic acids is 1. The Balaban J connectivity index is 1.56. The van der Waals surface area contributed by atoms with E-state index in [4.69, 9.17) is 4.74 Å². The molecule has 3 aliphatic carbocycles. The van der Waals surface area contributed by atoms with Gasteiger partial charge in [0.15, 0.2) is 0 Å². The fourth-order valence-corrected chi connectivity index (χ4v) is 4.00. The molecular weight excluding hydrogens is 274 g/mol. The van der Waals surface area contributed by atoms with Crippen LogP contribution in [0.4, 0.5) is 0 Å². The number of nitrogens with one attached hydrogen (secondary N) is 1. The van der Waals surface area contributed by atoms with E-state index in [-0.39, 0.29) is 5.91 Å². The van der Waals surface area contributed by atoms with Gasteiger partial charge in [-0.05, 0) is 60.9 Å². The van der Waals surface area contributed by atoms with E-state index in [1.165, 1.54) is 22.4 Å². The number of methoxy groups -OCH3 is 1. The van der Waals surface area contributed by atoms with Crippen LogP contribution in [0, 0.1) is 5.92 Å². The Hall–Kier alpha value is -1.77. The predicted octanol–water partition coefficient (Wildman–Crippen LogP) is 1.82. The minimum absolute atomic E-state index is 0.251. The van der Waals surface area contributed by atoms with Crippen LogP contribution in [0.1, 0.15) is 50.0 Å². The molecule has 116 valence electrons. The van der Waals surface area contributed by atoms with Crippen molar-refractivity contribution in [1.29, 1.82) is 0 Å². The molecule has 1 saturated carbocycles. The van der Waals surface area contributed by atoms with Gasteiger partial charge >= 0.3 is 0 Å². The molecule has 0 spiro atoms. The monoisotopic (exact) mass is 297 g/mol. The molecule has 1 amide bonds. The summed E-state index contributed by atoms with van der Waals surface area (Å²) in [4.78, 5) is 11.8. The normalized spacial score (nSPS) is 22.0. The summed E-state index contributed by atoms with van der Waals surface area (Å²) in [6.45, 7) is 0.782. The summed E-state index contributed by atoms with van der Waals surface area (Å²) >= 11 is 0. The first-order valence-electron chi connectivity index (χ1n) is 8.45. The first kappa shape index (κ1) is 13.9. The minimum atomic E-state index is 0.251. The van der Waals surface area contributed by atoms with E-state index in [1.54, 1.807) is 12.7 Å². The number of hydrogen-bond acceptors (Lipinski definition) is 2. The summed E-state index contributed by atoms with van der Waals surface area (Å²) in [7, 11) is 1.76. The minimum Gasteiger partial charge on any atom is -0.496 e. The average Bonchev–Trinajstić information content (AvgIpc) is 3.32. The molecule has 0 aliphatic heterocycles. The second kappa shape index (κ2) is 5.45. The summed E-state index contributed by atoms with van der Waals surface area (Å²) in [5.41, 5.74) is 2.97. The van der Waals surface area contributed by atoms with Gasteiger partial charge in [-0.15, -0.1) is 0 Å². The summed E-state index contributed by atoms with van der Waals surface area (Å²) in [6, 6.07) is 4.29. The third-order valence-electron chi connectivity index (χ3n) is 5.26. The van der Waals surface area contributed by atoms with Gasteiger partial charge < -0.3 is 10.1 Å². The van der Waals surface area contributed by atoms with Crippen molar-refractivity contribution in [3.8, 4) is 5.75 Å². The largest absolute Gasteiger partial charge is 0.496 e. The van der Waals surface area contributed by atoms with Crippen molar-refractivity contribution in [3.63, 3.8) is 0 Å². The SMILES string of the molecule is COc1ccc2c3c1C(CCNC(=O)C1CC1)CC=3CCC=2. The van der Waals surface area contributed by atoms with Gasteiger partial charge in [-0.3, -0.25) is 4.79 Å². The molecule has 3 aliphatic rings. The van der Waals surface area contributed by atoms with Crippen molar-refractivity contribution >= 4 is 17.6 Å². The Morgan fingerprint density at radius 1 is 1.36 bits per heavy atom. The second-order valence-corrected chi connectivity index (χ2v) is 6.75. The Morgan fingerprint density at radius 3 is 3.00 bits per heavy atom. The van der Waals surface area contributed by atoms with Crippen LogP contribution in [-0.2, 0) is 4.79 Å². The van der Waals surface area contributed by atoms with Gasteiger partial charge in [-0.25, -0.2) is 0 Å². The van der Waals surface area contributed by atoms with Crippen LogP contribution in [0.2, 0.25) is 0 Å². The van der Waals surface area contributed by atoms with Crippen LogP contribution in [0.25, 0.3) is 11.6 Å². The van der Waals surface area contributed by atoms with Crippen LogP contribution in [0.5, 0.6) is 5.75 Å². The Kier molecular flexibility index (Phi) is 3.44. The molecule has 0 aromatic heterocycles. The van der Waals surface area contributed by atoms with Crippen LogP contribution >= 0.6 is 0 Å². The van der Waals surface area contributed by atoms with Crippen molar-refractivity contribution < 1.29 is 9.53 Å². The molecule has 0 radical (unpaired) electrons. The zero-order valence-electron chi connectivity index (χ0n) is 13.2. The molecule has 0 bridgehead atoms. The zero-order chi connectivity index (χ0) is 15.1.